The second kappa shape index (κ2) is 5.22. The lowest BCUT2D eigenvalue weighted by molar-refractivity contribution is -0.152. The predicted octanol–water partition coefficient (Wildman–Crippen LogP) is 1.75. The van der Waals surface area contributed by atoms with Gasteiger partial charge in [0.1, 0.15) is 0 Å². The third-order valence-electron chi connectivity index (χ3n) is 2.42. The minimum Gasteiger partial charge on any atom is -0.466 e. The number of rotatable bonds is 4. The van der Waals surface area contributed by atoms with E-state index in [9.17, 15) is 4.79 Å². The fourth-order valence-corrected chi connectivity index (χ4v) is 1.86. The minimum absolute atomic E-state index is 0.0140. The Hall–Kier alpha value is -0.570. The molecule has 1 rings (SSSR count). The van der Waals surface area contributed by atoms with Crippen LogP contribution in [0.1, 0.15) is 33.1 Å². The summed E-state index contributed by atoms with van der Waals surface area (Å²) in [5, 5.41) is 0. The van der Waals surface area contributed by atoms with Crippen LogP contribution in [0.4, 0.5) is 0 Å². The molecule has 1 saturated carbocycles. The van der Waals surface area contributed by atoms with Crippen LogP contribution >= 0.6 is 0 Å². The summed E-state index contributed by atoms with van der Waals surface area (Å²) in [5.74, 6) is -0.0987. The van der Waals surface area contributed by atoms with Gasteiger partial charge in [-0.1, -0.05) is 0 Å². The maximum absolute atomic E-state index is 11.4. The van der Waals surface area contributed by atoms with Crippen molar-refractivity contribution in [1.29, 1.82) is 0 Å². The summed E-state index contributed by atoms with van der Waals surface area (Å²) < 4.78 is 10.5. The maximum atomic E-state index is 11.4. The third kappa shape index (κ3) is 2.69. The van der Waals surface area contributed by atoms with Gasteiger partial charge in [-0.3, -0.25) is 4.79 Å². The van der Waals surface area contributed by atoms with Crippen molar-refractivity contribution in [1.82, 2.24) is 0 Å². The molecule has 3 nitrogen and oxygen atoms in total. The molecule has 1 aliphatic carbocycles. The van der Waals surface area contributed by atoms with Crippen molar-refractivity contribution >= 4 is 5.97 Å². The molecule has 0 aromatic carbocycles. The van der Waals surface area contributed by atoms with Gasteiger partial charge in [0.25, 0.3) is 0 Å². The van der Waals surface area contributed by atoms with E-state index in [2.05, 4.69) is 0 Å². The van der Waals surface area contributed by atoms with Gasteiger partial charge in [0.15, 0.2) is 0 Å². The first kappa shape index (κ1) is 10.5. The first-order chi connectivity index (χ1) is 6.29. The van der Waals surface area contributed by atoms with Gasteiger partial charge in [-0.25, -0.2) is 0 Å². The van der Waals surface area contributed by atoms with Crippen LogP contribution in [-0.2, 0) is 14.3 Å². The van der Waals surface area contributed by atoms with Crippen molar-refractivity contribution in [2.75, 3.05) is 13.2 Å². The smallest absolute Gasteiger partial charge is 0.311 e. The molecule has 0 aromatic rings. The average Bonchev–Trinajstić information content (AvgIpc) is 2.54. The van der Waals surface area contributed by atoms with Crippen molar-refractivity contribution in [2.24, 2.45) is 5.92 Å². The monoisotopic (exact) mass is 186 g/mol. The zero-order valence-corrected chi connectivity index (χ0v) is 8.41. The average molecular weight is 186 g/mol. The number of hydrogen-bond acceptors (Lipinski definition) is 3. The number of ether oxygens (including phenoxy) is 2. The van der Waals surface area contributed by atoms with Gasteiger partial charge < -0.3 is 9.47 Å². The molecule has 0 spiro atoms. The van der Waals surface area contributed by atoms with Gasteiger partial charge in [-0.05, 0) is 33.1 Å². The van der Waals surface area contributed by atoms with Crippen LogP contribution in [0.3, 0.4) is 0 Å². The Balaban J connectivity index is 2.42. The van der Waals surface area contributed by atoms with Gasteiger partial charge in [0.05, 0.1) is 18.6 Å². The Morgan fingerprint density at radius 2 is 2.08 bits per heavy atom. The molecule has 76 valence electrons. The SMILES string of the molecule is CCOC(=O)[C@@H]1CCC[C@@H]1OCC. The molecule has 0 bridgehead atoms. The Bertz CT molecular complexity index is 168. The maximum Gasteiger partial charge on any atom is 0.311 e. The highest BCUT2D eigenvalue weighted by Crippen LogP contribution is 2.29. The van der Waals surface area contributed by atoms with E-state index in [0.717, 1.165) is 19.3 Å². The molecule has 0 radical (unpaired) electrons. The topological polar surface area (TPSA) is 35.5 Å². The molecule has 0 aromatic heterocycles. The minimum atomic E-state index is -0.0848. The van der Waals surface area contributed by atoms with Gasteiger partial charge in [0, 0.05) is 6.61 Å². The molecule has 0 heterocycles. The molecule has 1 fully saturated rings. The quantitative estimate of drug-likeness (QED) is 0.627. The van der Waals surface area contributed by atoms with Gasteiger partial charge in [-0.2, -0.15) is 0 Å². The highest BCUT2D eigenvalue weighted by atomic mass is 16.5. The summed E-state index contributed by atoms with van der Waals surface area (Å²) in [6.45, 7) is 4.94. The van der Waals surface area contributed by atoms with Crippen LogP contribution < -0.4 is 0 Å². The van der Waals surface area contributed by atoms with E-state index < -0.39 is 0 Å². The lowest BCUT2D eigenvalue weighted by atomic mass is 10.1. The van der Waals surface area contributed by atoms with Crippen molar-refractivity contribution < 1.29 is 14.3 Å². The summed E-state index contributed by atoms with van der Waals surface area (Å²) in [5.41, 5.74) is 0. The molecule has 1 aliphatic rings. The molecule has 0 saturated heterocycles. The fourth-order valence-electron chi connectivity index (χ4n) is 1.86. The zero-order valence-electron chi connectivity index (χ0n) is 8.41. The molecule has 0 N–H and O–H groups in total. The number of esters is 1. The lowest BCUT2D eigenvalue weighted by Gasteiger charge is -2.17. The highest BCUT2D eigenvalue weighted by Gasteiger charge is 2.34. The van der Waals surface area contributed by atoms with Crippen LogP contribution in [0.5, 0.6) is 0 Å². The first-order valence-corrected chi connectivity index (χ1v) is 5.07. The van der Waals surface area contributed by atoms with Crippen molar-refractivity contribution in [3.8, 4) is 0 Å². The largest absolute Gasteiger partial charge is 0.466 e. The van der Waals surface area contributed by atoms with Gasteiger partial charge in [0.2, 0.25) is 0 Å². The Kier molecular flexibility index (Phi) is 4.22. The standard InChI is InChI=1S/C10H18O3/c1-3-12-9-7-5-6-8(9)10(11)13-4-2/h8-9H,3-7H2,1-2H3/t8-,9+/m1/s1. The van der Waals surface area contributed by atoms with E-state index in [4.69, 9.17) is 9.47 Å². The molecule has 0 aliphatic heterocycles. The molecule has 2 atom stereocenters. The first-order valence-electron chi connectivity index (χ1n) is 5.07. The van der Waals surface area contributed by atoms with E-state index in [1.165, 1.54) is 0 Å². The summed E-state index contributed by atoms with van der Waals surface area (Å²) in [6.07, 6.45) is 3.10. The Morgan fingerprint density at radius 3 is 2.69 bits per heavy atom. The van der Waals surface area contributed by atoms with Crippen LogP contribution in [0.15, 0.2) is 0 Å². The third-order valence-corrected chi connectivity index (χ3v) is 2.42. The highest BCUT2D eigenvalue weighted by molar-refractivity contribution is 5.73. The van der Waals surface area contributed by atoms with Crippen molar-refractivity contribution in [3.63, 3.8) is 0 Å². The molecular weight excluding hydrogens is 168 g/mol. The van der Waals surface area contributed by atoms with E-state index in [1.807, 2.05) is 13.8 Å². The lowest BCUT2D eigenvalue weighted by Crippen LogP contribution is -2.27. The predicted molar refractivity (Wildman–Crippen MR) is 49.4 cm³/mol. The second-order valence-electron chi connectivity index (χ2n) is 3.28. The van der Waals surface area contributed by atoms with E-state index >= 15 is 0 Å². The van der Waals surface area contributed by atoms with E-state index in [-0.39, 0.29) is 18.0 Å². The van der Waals surface area contributed by atoms with Crippen molar-refractivity contribution in [2.45, 2.75) is 39.2 Å². The summed E-state index contributed by atoms with van der Waals surface area (Å²) in [7, 11) is 0. The van der Waals surface area contributed by atoms with Crippen LogP contribution in [0, 0.1) is 5.92 Å². The Labute approximate surface area is 79.4 Å². The molecule has 13 heavy (non-hydrogen) atoms. The van der Waals surface area contributed by atoms with Gasteiger partial charge in [-0.15, -0.1) is 0 Å². The summed E-state index contributed by atoms with van der Waals surface area (Å²) >= 11 is 0. The van der Waals surface area contributed by atoms with Crippen molar-refractivity contribution in [3.05, 3.63) is 0 Å². The Morgan fingerprint density at radius 1 is 1.31 bits per heavy atom. The van der Waals surface area contributed by atoms with Crippen LogP contribution in [0.2, 0.25) is 0 Å². The van der Waals surface area contributed by atoms with Crippen LogP contribution in [0.25, 0.3) is 0 Å². The number of carbonyl (C=O) groups is 1. The normalized spacial score (nSPS) is 27.5. The summed E-state index contributed by atoms with van der Waals surface area (Å²) in [6, 6.07) is 0. The molecule has 0 amide bonds. The molecule has 0 unspecified atom stereocenters. The number of hydrogen-bond donors (Lipinski definition) is 0. The molecular formula is C10H18O3. The summed E-state index contributed by atoms with van der Waals surface area (Å²) in [4.78, 5) is 11.4. The van der Waals surface area contributed by atoms with E-state index in [1.54, 1.807) is 0 Å². The fraction of sp³-hybridized carbons (Fsp3) is 0.900. The van der Waals surface area contributed by atoms with Gasteiger partial charge >= 0.3 is 5.97 Å². The van der Waals surface area contributed by atoms with Crippen LogP contribution in [-0.4, -0.2) is 25.3 Å². The van der Waals surface area contributed by atoms with E-state index in [0.29, 0.717) is 13.2 Å². The zero-order chi connectivity index (χ0) is 9.68. The number of carbonyl (C=O) groups excluding carboxylic acids is 1. The second-order valence-corrected chi connectivity index (χ2v) is 3.28. The molecule has 3 heteroatoms.